The number of aliphatic carboxylic acids is 1. The summed E-state index contributed by atoms with van der Waals surface area (Å²) in [6.07, 6.45) is 1.27. The second-order valence-corrected chi connectivity index (χ2v) is 8.01. The molecule has 1 fully saturated rings. The number of carboxylic acid groups (broad SMARTS) is 1. The van der Waals surface area contributed by atoms with Crippen molar-refractivity contribution in [2.75, 3.05) is 32.1 Å². The van der Waals surface area contributed by atoms with Gasteiger partial charge in [-0.05, 0) is 37.6 Å². The molecule has 1 aromatic carbocycles. The molecule has 0 spiro atoms. The summed E-state index contributed by atoms with van der Waals surface area (Å²) in [6.45, 7) is 2.54. The first-order valence-corrected chi connectivity index (χ1v) is 9.46. The maximum Gasteiger partial charge on any atom is 0.317 e. The molecule has 1 aliphatic rings. The topological polar surface area (TPSA) is 90.0 Å². The molecular weight excluding hydrogens is 330 g/mol. The summed E-state index contributed by atoms with van der Waals surface area (Å²) in [7, 11) is 0.150. The van der Waals surface area contributed by atoms with Crippen molar-refractivity contribution >= 4 is 21.7 Å². The Labute approximate surface area is 143 Å². The van der Waals surface area contributed by atoms with E-state index in [0.29, 0.717) is 19.4 Å². The van der Waals surface area contributed by atoms with Gasteiger partial charge in [0.1, 0.15) is 0 Å². The molecule has 134 valence electrons. The SMILES string of the molecule is CCN(CC(=O)O)C1CC(NS(=O)(=O)c2cccc(N(C)C)c2)C1. The van der Waals surface area contributed by atoms with Gasteiger partial charge in [-0.2, -0.15) is 0 Å². The first-order chi connectivity index (χ1) is 11.2. The molecule has 2 N–H and O–H groups in total. The molecule has 0 heterocycles. The van der Waals surface area contributed by atoms with Gasteiger partial charge in [-0.15, -0.1) is 0 Å². The van der Waals surface area contributed by atoms with Gasteiger partial charge >= 0.3 is 5.97 Å². The average Bonchev–Trinajstić information content (AvgIpc) is 2.48. The molecule has 1 aromatic rings. The lowest BCUT2D eigenvalue weighted by Gasteiger charge is -2.42. The molecule has 0 amide bonds. The number of hydrogen-bond donors (Lipinski definition) is 2. The van der Waals surface area contributed by atoms with E-state index in [0.717, 1.165) is 5.69 Å². The summed E-state index contributed by atoms with van der Waals surface area (Å²) >= 11 is 0. The number of hydrogen-bond acceptors (Lipinski definition) is 5. The minimum Gasteiger partial charge on any atom is -0.480 e. The molecule has 8 heteroatoms. The highest BCUT2D eigenvalue weighted by Crippen LogP contribution is 2.27. The van der Waals surface area contributed by atoms with Crippen molar-refractivity contribution in [2.24, 2.45) is 0 Å². The molecule has 1 aliphatic carbocycles. The highest BCUT2D eigenvalue weighted by atomic mass is 32.2. The number of benzene rings is 1. The Kier molecular flexibility index (Phi) is 5.84. The van der Waals surface area contributed by atoms with Crippen molar-refractivity contribution in [1.29, 1.82) is 0 Å². The Morgan fingerprint density at radius 1 is 1.33 bits per heavy atom. The van der Waals surface area contributed by atoms with Crippen LogP contribution in [-0.4, -0.2) is 63.7 Å². The quantitative estimate of drug-likeness (QED) is 0.722. The summed E-state index contributed by atoms with van der Waals surface area (Å²) in [4.78, 5) is 14.8. The van der Waals surface area contributed by atoms with Crippen LogP contribution in [-0.2, 0) is 14.8 Å². The molecule has 24 heavy (non-hydrogen) atoms. The van der Waals surface area contributed by atoms with Crippen molar-refractivity contribution in [1.82, 2.24) is 9.62 Å². The standard InChI is InChI=1S/C16H25N3O4S/c1-4-19(11-16(20)21)14-8-12(9-14)17-24(22,23)15-7-5-6-13(10-15)18(2)3/h5-7,10,12,14,17H,4,8-9,11H2,1-3H3,(H,20,21). The van der Waals surface area contributed by atoms with Crippen LogP contribution in [0.1, 0.15) is 19.8 Å². The summed E-state index contributed by atoms with van der Waals surface area (Å²) in [6, 6.07) is 6.76. The molecule has 7 nitrogen and oxygen atoms in total. The van der Waals surface area contributed by atoms with Crippen molar-refractivity contribution < 1.29 is 18.3 Å². The molecular formula is C16H25N3O4S. The van der Waals surface area contributed by atoms with E-state index in [1.54, 1.807) is 18.2 Å². The third kappa shape index (κ3) is 4.46. The second-order valence-electron chi connectivity index (χ2n) is 6.29. The first-order valence-electron chi connectivity index (χ1n) is 7.98. The number of sulfonamides is 1. The third-order valence-corrected chi connectivity index (χ3v) is 5.86. The van der Waals surface area contributed by atoms with E-state index in [-0.39, 0.29) is 23.5 Å². The molecule has 0 bridgehead atoms. The molecule has 0 unspecified atom stereocenters. The number of nitrogens with zero attached hydrogens (tertiary/aromatic N) is 2. The normalized spacial score (nSPS) is 20.7. The van der Waals surface area contributed by atoms with Crippen LogP contribution in [0.2, 0.25) is 0 Å². The van der Waals surface area contributed by atoms with E-state index >= 15 is 0 Å². The predicted molar refractivity (Wildman–Crippen MR) is 92.8 cm³/mol. The molecule has 0 atom stereocenters. The van der Waals surface area contributed by atoms with Gasteiger partial charge in [0.15, 0.2) is 0 Å². The number of carbonyl (C=O) groups is 1. The van der Waals surface area contributed by atoms with Gasteiger partial charge in [0.2, 0.25) is 10.0 Å². The fraction of sp³-hybridized carbons (Fsp3) is 0.562. The van der Waals surface area contributed by atoms with Crippen LogP contribution >= 0.6 is 0 Å². The Hall–Kier alpha value is -1.64. The Morgan fingerprint density at radius 3 is 2.54 bits per heavy atom. The van der Waals surface area contributed by atoms with E-state index in [9.17, 15) is 13.2 Å². The Bertz CT molecular complexity index is 684. The maximum absolute atomic E-state index is 12.5. The van der Waals surface area contributed by atoms with Crippen LogP contribution in [0, 0.1) is 0 Å². The van der Waals surface area contributed by atoms with Gasteiger partial charge < -0.3 is 10.0 Å². The molecule has 0 aromatic heterocycles. The van der Waals surface area contributed by atoms with Gasteiger partial charge in [-0.3, -0.25) is 9.69 Å². The van der Waals surface area contributed by atoms with E-state index in [4.69, 9.17) is 5.11 Å². The van der Waals surface area contributed by atoms with E-state index in [2.05, 4.69) is 4.72 Å². The summed E-state index contributed by atoms with van der Waals surface area (Å²) in [5.74, 6) is -0.860. The maximum atomic E-state index is 12.5. The molecule has 2 rings (SSSR count). The van der Waals surface area contributed by atoms with Gasteiger partial charge in [-0.25, -0.2) is 13.1 Å². The summed E-state index contributed by atoms with van der Waals surface area (Å²) in [5.41, 5.74) is 0.822. The minimum absolute atomic E-state index is 0.00842. The molecule has 1 saturated carbocycles. The third-order valence-electron chi connectivity index (χ3n) is 4.34. The van der Waals surface area contributed by atoms with Crippen molar-refractivity contribution in [3.8, 4) is 0 Å². The number of nitrogens with one attached hydrogen (secondary N) is 1. The minimum atomic E-state index is -3.57. The van der Waals surface area contributed by atoms with Crippen LogP contribution in [0.3, 0.4) is 0 Å². The second kappa shape index (κ2) is 7.50. The van der Waals surface area contributed by atoms with Gasteiger partial charge in [0.05, 0.1) is 11.4 Å². The lowest BCUT2D eigenvalue weighted by molar-refractivity contribution is -0.139. The fourth-order valence-electron chi connectivity index (χ4n) is 2.87. The van der Waals surface area contributed by atoms with E-state index < -0.39 is 16.0 Å². The molecule has 0 saturated heterocycles. The van der Waals surface area contributed by atoms with Crippen molar-refractivity contribution in [3.63, 3.8) is 0 Å². The Balaban J connectivity index is 1.97. The summed E-state index contributed by atoms with van der Waals surface area (Å²) in [5, 5.41) is 8.90. The van der Waals surface area contributed by atoms with Crippen LogP contribution in [0.15, 0.2) is 29.2 Å². The zero-order chi connectivity index (χ0) is 17.9. The zero-order valence-corrected chi connectivity index (χ0v) is 15.1. The highest BCUT2D eigenvalue weighted by Gasteiger charge is 2.36. The Morgan fingerprint density at radius 2 is 2.00 bits per heavy atom. The predicted octanol–water partition coefficient (Wildman–Crippen LogP) is 0.968. The van der Waals surface area contributed by atoms with Gasteiger partial charge in [0.25, 0.3) is 0 Å². The molecule has 0 radical (unpaired) electrons. The monoisotopic (exact) mass is 355 g/mol. The number of carboxylic acids is 1. The zero-order valence-electron chi connectivity index (χ0n) is 14.3. The highest BCUT2D eigenvalue weighted by molar-refractivity contribution is 7.89. The van der Waals surface area contributed by atoms with E-state index in [1.165, 1.54) is 0 Å². The number of rotatable bonds is 8. The molecule has 0 aliphatic heterocycles. The largest absolute Gasteiger partial charge is 0.480 e. The lowest BCUT2D eigenvalue weighted by atomic mass is 9.86. The van der Waals surface area contributed by atoms with Gasteiger partial charge in [0, 0.05) is 31.9 Å². The average molecular weight is 355 g/mol. The van der Waals surface area contributed by atoms with Crippen molar-refractivity contribution in [2.45, 2.75) is 36.7 Å². The van der Waals surface area contributed by atoms with Gasteiger partial charge in [-0.1, -0.05) is 13.0 Å². The number of anilines is 1. The van der Waals surface area contributed by atoms with Crippen molar-refractivity contribution in [3.05, 3.63) is 24.3 Å². The smallest absolute Gasteiger partial charge is 0.317 e. The fourth-order valence-corrected chi connectivity index (χ4v) is 4.17. The lowest BCUT2D eigenvalue weighted by Crippen LogP contribution is -2.54. The van der Waals surface area contributed by atoms with Crippen LogP contribution in [0.5, 0.6) is 0 Å². The summed E-state index contributed by atoms with van der Waals surface area (Å²) < 4.78 is 27.7. The van der Waals surface area contributed by atoms with Crippen LogP contribution in [0.4, 0.5) is 5.69 Å². The first kappa shape index (κ1) is 18.7. The van der Waals surface area contributed by atoms with Crippen LogP contribution < -0.4 is 9.62 Å². The number of likely N-dealkylation sites (N-methyl/N-ethyl adjacent to an activating group) is 1. The van der Waals surface area contributed by atoms with E-state index in [1.807, 2.05) is 36.9 Å². The van der Waals surface area contributed by atoms with Crippen LogP contribution in [0.25, 0.3) is 0 Å².